The fourth-order valence-electron chi connectivity index (χ4n) is 2.49. The van der Waals surface area contributed by atoms with Gasteiger partial charge in [-0.3, -0.25) is 10.1 Å². The average molecular weight is 322 g/mol. The molecule has 1 aromatic rings. The van der Waals surface area contributed by atoms with E-state index < -0.39 is 4.92 Å². The van der Waals surface area contributed by atoms with Crippen LogP contribution in [0.2, 0.25) is 0 Å². The number of aromatic nitrogens is 1. The molecule has 1 fully saturated rings. The van der Waals surface area contributed by atoms with E-state index in [4.69, 9.17) is 4.74 Å². The van der Waals surface area contributed by atoms with Gasteiger partial charge in [-0.15, -0.1) is 0 Å². The zero-order valence-corrected chi connectivity index (χ0v) is 13.6. The van der Waals surface area contributed by atoms with Crippen molar-refractivity contribution in [3.63, 3.8) is 0 Å². The van der Waals surface area contributed by atoms with Gasteiger partial charge >= 0.3 is 6.09 Å². The molecule has 1 N–H and O–H groups in total. The Balaban J connectivity index is 1.89. The molecular weight excluding hydrogens is 300 g/mol. The SMILES string of the molecule is Cc1cc([N+](=O)[O-])cnc1NC1CCN(C(=O)OC(C)C)CC1. The molecule has 1 amide bonds. The summed E-state index contributed by atoms with van der Waals surface area (Å²) in [4.78, 5) is 27.9. The first-order valence-electron chi connectivity index (χ1n) is 7.70. The quantitative estimate of drug-likeness (QED) is 0.676. The van der Waals surface area contributed by atoms with E-state index in [9.17, 15) is 14.9 Å². The number of pyridine rings is 1. The number of ether oxygens (including phenoxy) is 1. The minimum Gasteiger partial charge on any atom is -0.447 e. The Morgan fingerprint density at radius 1 is 1.48 bits per heavy atom. The van der Waals surface area contributed by atoms with Crippen molar-refractivity contribution in [2.24, 2.45) is 0 Å². The van der Waals surface area contributed by atoms with Gasteiger partial charge in [0, 0.05) is 25.2 Å². The fraction of sp³-hybridized carbons (Fsp3) is 0.600. The Morgan fingerprint density at radius 2 is 2.13 bits per heavy atom. The second kappa shape index (κ2) is 7.26. The van der Waals surface area contributed by atoms with Crippen LogP contribution in [-0.2, 0) is 4.74 Å². The molecule has 0 atom stereocenters. The van der Waals surface area contributed by atoms with Crippen molar-refractivity contribution >= 4 is 17.6 Å². The molecule has 1 aliphatic heterocycles. The summed E-state index contributed by atoms with van der Waals surface area (Å²) in [7, 11) is 0. The lowest BCUT2D eigenvalue weighted by Gasteiger charge is -2.32. The standard InChI is InChI=1S/C15H22N4O4/c1-10(2)23-15(20)18-6-4-12(5-7-18)17-14-11(3)8-13(9-16-14)19(21)22/h8-10,12H,4-7H2,1-3H3,(H,16,17). The van der Waals surface area contributed by atoms with E-state index in [1.165, 1.54) is 12.3 Å². The maximum Gasteiger partial charge on any atom is 0.410 e. The molecule has 1 aliphatic rings. The number of nitro groups is 1. The molecule has 0 aliphatic carbocycles. The summed E-state index contributed by atoms with van der Waals surface area (Å²) in [6.45, 7) is 6.69. The zero-order valence-electron chi connectivity index (χ0n) is 13.6. The number of nitrogens with one attached hydrogen (secondary N) is 1. The largest absolute Gasteiger partial charge is 0.447 e. The van der Waals surface area contributed by atoms with Crippen LogP contribution in [0, 0.1) is 17.0 Å². The molecule has 23 heavy (non-hydrogen) atoms. The van der Waals surface area contributed by atoms with E-state index in [-0.39, 0.29) is 23.9 Å². The summed E-state index contributed by atoms with van der Waals surface area (Å²) < 4.78 is 5.19. The molecule has 0 spiro atoms. The zero-order chi connectivity index (χ0) is 17.0. The third kappa shape index (κ3) is 4.54. The van der Waals surface area contributed by atoms with Crippen molar-refractivity contribution in [1.82, 2.24) is 9.88 Å². The minimum absolute atomic E-state index is 0.0145. The molecule has 0 saturated carbocycles. The third-order valence-electron chi connectivity index (χ3n) is 3.71. The number of hydrogen-bond acceptors (Lipinski definition) is 6. The number of likely N-dealkylation sites (tertiary alicyclic amines) is 1. The summed E-state index contributed by atoms with van der Waals surface area (Å²) in [5.74, 6) is 0.652. The predicted octanol–water partition coefficient (Wildman–Crippen LogP) is 2.72. The molecule has 0 aromatic carbocycles. The maximum absolute atomic E-state index is 11.8. The Hall–Kier alpha value is -2.38. The second-order valence-electron chi connectivity index (χ2n) is 5.95. The molecular formula is C15H22N4O4. The highest BCUT2D eigenvalue weighted by atomic mass is 16.6. The highest BCUT2D eigenvalue weighted by Crippen LogP contribution is 2.21. The van der Waals surface area contributed by atoms with E-state index in [0.29, 0.717) is 18.9 Å². The van der Waals surface area contributed by atoms with E-state index in [1.54, 1.807) is 11.8 Å². The van der Waals surface area contributed by atoms with Crippen LogP contribution in [0.15, 0.2) is 12.3 Å². The molecule has 0 bridgehead atoms. The molecule has 8 heteroatoms. The van der Waals surface area contributed by atoms with E-state index in [1.807, 2.05) is 13.8 Å². The first kappa shape index (κ1) is 17.0. The summed E-state index contributed by atoms with van der Waals surface area (Å²) in [5, 5.41) is 14.0. The number of nitrogens with zero attached hydrogens (tertiary/aromatic N) is 3. The van der Waals surface area contributed by atoms with Crippen molar-refractivity contribution in [2.45, 2.75) is 45.8 Å². The third-order valence-corrected chi connectivity index (χ3v) is 3.71. The molecule has 1 saturated heterocycles. The first-order valence-corrected chi connectivity index (χ1v) is 7.70. The van der Waals surface area contributed by atoms with Gasteiger partial charge in [-0.05, 0) is 39.2 Å². The summed E-state index contributed by atoms with van der Waals surface area (Å²) in [6.07, 6.45) is 2.43. The lowest BCUT2D eigenvalue weighted by atomic mass is 10.1. The topological polar surface area (TPSA) is 97.6 Å². The number of amides is 1. The van der Waals surface area contributed by atoms with Crippen molar-refractivity contribution < 1.29 is 14.5 Å². The van der Waals surface area contributed by atoms with Gasteiger partial charge in [0.25, 0.3) is 5.69 Å². The van der Waals surface area contributed by atoms with Gasteiger partial charge in [0.15, 0.2) is 0 Å². The monoisotopic (exact) mass is 322 g/mol. The number of piperidine rings is 1. The van der Waals surface area contributed by atoms with E-state index in [0.717, 1.165) is 18.4 Å². The molecule has 8 nitrogen and oxygen atoms in total. The highest BCUT2D eigenvalue weighted by Gasteiger charge is 2.25. The van der Waals surface area contributed by atoms with Gasteiger partial charge in [-0.25, -0.2) is 9.78 Å². The Bertz CT molecular complexity index is 583. The summed E-state index contributed by atoms with van der Waals surface area (Å²) >= 11 is 0. The van der Waals surface area contributed by atoms with Crippen molar-refractivity contribution in [1.29, 1.82) is 0 Å². The predicted molar refractivity (Wildman–Crippen MR) is 85.5 cm³/mol. The highest BCUT2D eigenvalue weighted by molar-refractivity contribution is 5.68. The maximum atomic E-state index is 11.8. The smallest absolute Gasteiger partial charge is 0.410 e. The van der Waals surface area contributed by atoms with Crippen molar-refractivity contribution in [3.05, 3.63) is 27.9 Å². The number of carbonyl (C=O) groups excluding carboxylic acids is 1. The van der Waals surface area contributed by atoms with Gasteiger partial charge < -0.3 is 15.0 Å². The number of aryl methyl sites for hydroxylation is 1. The van der Waals surface area contributed by atoms with Gasteiger partial charge in [-0.2, -0.15) is 0 Å². The number of carbonyl (C=O) groups is 1. The average Bonchev–Trinajstić information content (AvgIpc) is 2.49. The van der Waals surface area contributed by atoms with Crippen molar-refractivity contribution in [3.8, 4) is 0 Å². The van der Waals surface area contributed by atoms with Gasteiger partial charge in [0.2, 0.25) is 0 Å². The molecule has 126 valence electrons. The van der Waals surface area contributed by atoms with E-state index in [2.05, 4.69) is 10.3 Å². The van der Waals surface area contributed by atoms with Crippen LogP contribution >= 0.6 is 0 Å². The van der Waals surface area contributed by atoms with Gasteiger partial charge in [-0.1, -0.05) is 0 Å². The van der Waals surface area contributed by atoms with Crippen LogP contribution in [0.3, 0.4) is 0 Å². The van der Waals surface area contributed by atoms with Crippen LogP contribution in [0.5, 0.6) is 0 Å². The van der Waals surface area contributed by atoms with Crippen LogP contribution in [0.1, 0.15) is 32.3 Å². The summed E-state index contributed by atoms with van der Waals surface area (Å²) in [5.41, 5.74) is 0.722. The molecule has 0 radical (unpaired) electrons. The Labute approximate surface area is 135 Å². The molecule has 2 rings (SSSR count). The fourth-order valence-corrected chi connectivity index (χ4v) is 2.49. The molecule has 1 aromatic heterocycles. The van der Waals surface area contributed by atoms with Gasteiger partial charge in [0.05, 0.1) is 11.0 Å². The van der Waals surface area contributed by atoms with Crippen LogP contribution in [0.4, 0.5) is 16.3 Å². The molecule has 0 unspecified atom stereocenters. The number of rotatable bonds is 4. The second-order valence-corrected chi connectivity index (χ2v) is 5.95. The molecule has 2 heterocycles. The first-order chi connectivity index (χ1) is 10.9. The van der Waals surface area contributed by atoms with Crippen molar-refractivity contribution in [2.75, 3.05) is 18.4 Å². The number of anilines is 1. The normalized spacial score (nSPS) is 15.6. The van der Waals surface area contributed by atoms with Crippen LogP contribution in [0.25, 0.3) is 0 Å². The lowest BCUT2D eigenvalue weighted by Crippen LogP contribution is -2.43. The Morgan fingerprint density at radius 3 is 2.65 bits per heavy atom. The summed E-state index contributed by atoms with van der Waals surface area (Å²) in [6, 6.07) is 1.69. The minimum atomic E-state index is -0.456. The lowest BCUT2D eigenvalue weighted by molar-refractivity contribution is -0.385. The van der Waals surface area contributed by atoms with Crippen LogP contribution < -0.4 is 5.32 Å². The van der Waals surface area contributed by atoms with E-state index >= 15 is 0 Å². The van der Waals surface area contributed by atoms with Crippen LogP contribution in [-0.4, -0.2) is 46.1 Å². The number of hydrogen-bond donors (Lipinski definition) is 1. The Kier molecular flexibility index (Phi) is 5.36. The van der Waals surface area contributed by atoms with Gasteiger partial charge in [0.1, 0.15) is 12.0 Å².